The van der Waals surface area contributed by atoms with Crippen molar-refractivity contribution < 1.29 is 14.0 Å². The van der Waals surface area contributed by atoms with Crippen LogP contribution in [0.15, 0.2) is 12.1 Å². The first-order valence-electron chi connectivity index (χ1n) is 4.41. The first-order valence-corrected chi connectivity index (χ1v) is 4.41. The molecule has 1 aromatic carbocycles. The molecule has 0 aliphatic heterocycles. The van der Waals surface area contributed by atoms with Crippen molar-refractivity contribution in [1.82, 2.24) is 5.48 Å². The van der Waals surface area contributed by atoms with Crippen LogP contribution in [-0.2, 0) is 6.54 Å². The third kappa shape index (κ3) is 2.27. The molecule has 2 nitrogen and oxygen atoms in total. The molecule has 1 aromatic rings. The smallest absolute Gasteiger partial charge is 0.130 e. The van der Waals surface area contributed by atoms with Gasteiger partial charge in [0.15, 0.2) is 0 Å². The second-order valence-electron chi connectivity index (χ2n) is 3.45. The fraction of sp³-hybridized carbons (Fsp3) is 0.400. The van der Waals surface area contributed by atoms with E-state index in [0.717, 1.165) is 6.07 Å². The molecule has 1 rings (SSSR count). The zero-order valence-corrected chi connectivity index (χ0v) is 8.14. The predicted molar refractivity (Wildman–Crippen MR) is 49.1 cm³/mol. The molecular weight excluding hydrogens is 188 g/mol. The van der Waals surface area contributed by atoms with Gasteiger partial charge in [-0.3, -0.25) is 0 Å². The van der Waals surface area contributed by atoms with Gasteiger partial charge in [0.2, 0.25) is 0 Å². The number of rotatable bonds is 3. The molecule has 0 atom stereocenters. The normalized spacial score (nSPS) is 11.0. The van der Waals surface area contributed by atoms with Crippen molar-refractivity contribution in [1.29, 1.82) is 0 Å². The molecule has 0 saturated carbocycles. The maximum absolute atomic E-state index is 13.2. The maximum atomic E-state index is 13.2. The highest BCUT2D eigenvalue weighted by molar-refractivity contribution is 5.28. The Bertz CT molecular complexity index is 326. The van der Waals surface area contributed by atoms with Crippen LogP contribution in [0.4, 0.5) is 8.78 Å². The number of benzene rings is 1. The molecule has 14 heavy (non-hydrogen) atoms. The standard InChI is InChI=1S/C10H13F2NO/c1-6(2)8-3-7(5-13-14)9(11)4-10(8)12/h3-4,6,13-14H,5H2,1-2H3. The van der Waals surface area contributed by atoms with Crippen molar-refractivity contribution >= 4 is 0 Å². The number of hydrogen-bond acceptors (Lipinski definition) is 2. The predicted octanol–water partition coefficient (Wildman–Crippen LogP) is 2.57. The van der Waals surface area contributed by atoms with Gasteiger partial charge in [-0.25, -0.2) is 14.3 Å². The van der Waals surface area contributed by atoms with Gasteiger partial charge in [-0.1, -0.05) is 13.8 Å². The summed E-state index contributed by atoms with van der Waals surface area (Å²) < 4.78 is 26.3. The third-order valence-corrected chi connectivity index (χ3v) is 2.06. The van der Waals surface area contributed by atoms with Gasteiger partial charge in [0, 0.05) is 18.2 Å². The van der Waals surface area contributed by atoms with Crippen LogP contribution in [0.25, 0.3) is 0 Å². The van der Waals surface area contributed by atoms with Crippen molar-refractivity contribution in [3.8, 4) is 0 Å². The quantitative estimate of drug-likeness (QED) is 0.736. The minimum absolute atomic E-state index is 0.00644. The van der Waals surface area contributed by atoms with Crippen LogP contribution in [0.2, 0.25) is 0 Å². The Morgan fingerprint density at radius 1 is 1.29 bits per heavy atom. The summed E-state index contributed by atoms with van der Waals surface area (Å²) in [5, 5.41) is 8.43. The van der Waals surface area contributed by atoms with Gasteiger partial charge in [0.25, 0.3) is 0 Å². The molecule has 0 amide bonds. The Morgan fingerprint density at radius 2 is 1.93 bits per heavy atom. The van der Waals surface area contributed by atoms with E-state index < -0.39 is 11.6 Å². The highest BCUT2D eigenvalue weighted by Crippen LogP contribution is 2.21. The van der Waals surface area contributed by atoms with Crippen LogP contribution >= 0.6 is 0 Å². The molecule has 0 bridgehead atoms. The van der Waals surface area contributed by atoms with E-state index in [1.54, 1.807) is 0 Å². The molecule has 0 aromatic heterocycles. The maximum Gasteiger partial charge on any atom is 0.130 e. The fourth-order valence-corrected chi connectivity index (χ4v) is 1.28. The van der Waals surface area contributed by atoms with E-state index in [1.165, 1.54) is 6.07 Å². The van der Waals surface area contributed by atoms with Gasteiger partial charge in [0.1, 0.15) is 11.6 Å². The van der Waals surface area contributed by atoms with Gasteiger partial charge in [0.05, 0.1) is 0 Å². The summed E-state index contributed by atoms with van der Waals surface area (Å²) in [5.41, 5.74) is 2.56. The molecule has 0 fully saturated rings. The van der Waals surface area contributed by atoms with E-state index in [-0.39, 0.29) is 18.0 Å². The third-order valence-electron chi connectivity index (χ3n) is 2.06. The summed E-state index contributed by atoms with van der Waals surface area (Å²) in [6.45, 7) is 3.63. The van der Waals surface area contributed by atoms with Crippen LogP contribution in [0, 0.1) is 11.6 Å². The second-order valence-corrected chi connectivity index (χ2v) is 3.45. The zero-order chi connectivity index (χ0) is 10.7. The van der Waals surface area contributed by atoms with Crippen LogP contribution < -0.4 is 5.48 Å². The van der Waals surface area contributed by atoms with E-state index in [2.05, 4.69) is 0 Å². The van der Waals surface area contributed by atoms with E-state index in [0.29, 0.717) is 5.56 Å². The van der Waals surface area contributed by atoms with E-state index >= 15 is 0 Å². The van der Waals surface area contributed by atoms with Crippen molar-refractivity contribution in [2.45, 2.75) is 26.3 Å². The van der Waals surface area contributed by atoms with E-state index in [4.69, 9.17) is 5.21 Å². The minimum Gasteiger partial charge on any atom is -0.316 e. The van der Waals surface area contributed by atoms with Crippen molar-refractivity contribution in [2.24, 2.45) is 0 Å². The largest absolute Gasteiger partial charge is 0.316 e. The average molecular weight is 201 g/mol. The lowest BCUT2D eigenvalue weighted by molar-refractivity contribution is 0.160. The monoisotopic (exact) mass is 201 g/mol. The molecular formula is C10H13F2NO. The Morgan fingerprint density at radius 3 is 2.43 bits per heavy atom. The molecule has 0 aliphatic carbocycles. The molecule has 4 heteroatoms. The van der Waals surface area contributed by atoms with Crippen LogP contribution in [-0.4, -0.2) is 5.21 Å². The Balaban J connectivity index is 3.13. The van der Waals surface area contributed by atoms with Crippen LogP contribution in [0.5, 0.6) is 0 Å². The molecule has 0 unspecified atom stereocenters. The highest BCUT2D eigenvalue weighted by atomic mass is 19.1. The van der Waals surface area contributed by atoms with Gasteiger partial charge < -0.3 is 5.21 Å². The van der Waals surface area contributed by atoms with Crippen molar-refractivity contribution in [3.05, 3.63) is 34.9 Å². The Labute approximate surface area is 81.5 Å². The zero-order valence-electron chi connectivity index (χ0n) is 8.14. The molecule has 78 valence electrons. The molecule has 0 aliphatic rings. The molecule has 2 N–H and O–H groups in total. The van der Waals surface area contributed by atoms with Crippen molar-refractivity contribution in [3.63, 3.8) is 0 Å². The summed E-state index contributed by atoms with van der Waals surface area (Å²) in [6.07, 6.45) is 0. The first-order chi connectivity index (χ1) is 6.56. The number of nitrogens with one attached hydrogen (secondary N) is 1. The molecule has 0 heterocycles. The summed E-state index contributed by atoms with van der Waals surface area (Å²) >= 11 is 0. The van der Waals surface area contributed by atoms with Crippen LogP contribution in [0.1, 0.15) is 30.9 Å². The summed E-state index contributed by atoms with van der Waals surface area (Å²) in [5.74, 6) is -1.19. The van der Waals surface area contributed by atoms with Gasteiger partial charge in [-0.05, 0) is 17.5 Å². The number of hydroxylamine groups is 1. The highest BCUT2D eigenvalue weighted by Gasteiger charge is 2.11. The number of halogens is 2. The molecule has 0 spiro atoms. The summed E-state index contributed by atoms with van der Waals surface area (Å²) in [6, 6.07) is 2.28. The lowest BCUT2D eigenvalue weighted by atomic mass is 10.00. The first kappa shape index (κ1) is 11.1. The molecule has 0 saturated heterocycles. The minimum atomic E-state index is -0.645. The van der Waals surface area contributed by atoms with E-state index in [9.17, 15) is 8.78 Å². The van der Waals surface area contributed by atoms with Gasteiger partial charge in [-0.2, -0.15) is 0 Å². The summed E-state index contributed by atoms with van der Waals surface area (Å²) in [7, 11) is 0. The van der Waals surface area contributed by atoms with Gasteiger partial charge in [-0.15, -0.1) is 0 Å². The summed E-state index contributed by atoms with van der Waals surface area (Å²) in [4.78, 5) is 0. The Hall–Kier alpha value is -1.00. The lowest BCUT2D eigenvalue weighted by Gasteiger charge is -2.10. The fourth-order valence-electron chi connectivity index (χ4n) is 1.28. The topological polar surface area (TPSA) is 32.3 Å². The van der Waals surface area contributed by atoms with E-state index in [1.807, 2.05) is 19.3 Å². The second kappa shape index (κ2) is 4.48. The Kier molecular flexibility index (Phi) is 3.55. The number of hydrogen-bond donors (Lipinski definition) is 2. The molecule has 0 radical (unpaired) electrons. The van der Waals surface area contributed by atoms with Crippen LogP contribution in [0.3, 0.4) is 0 Å². The van der Waals surface area contributed by atoms with Gasteiger partial charge >= 0.3 is 0 Å². The average Bonchev–Trinajstić information content (AvgIpc) is 2.09. The van der Waals surface area contributed by atoms with Crippen molar-refractivity contribution in [2.75, 3.05) is 0 Å². The lowest BCUT2D eigenvalue weighted by Crippen LogP contribution is -2.09. The SMILES string of the molecule is CC(C)c1cc(CNO)c(F)cc1F.